The third-order valence-corrected chi connectivity index (χ3v) is 7.03. The van der Waals surface area contributed by atoms with Crippen molar-refractivity contribution in [2.45, 2.75) is 111 Å². The van der Waals surface area contributed by atoms with Gasteiger partial charge in [-0.1, -0.05) is 65.5 Å². The number of alkyl halides is 2. The van der Waals surface area contributed by atoms with Crippen LogP contribution in [0.2, 0.25) is 0 Å². The number of hydrogen-bond acceptors (Lipinski definition) is 4. The molecule has 37 heavy (non-hydrogen) atoms. The first-order valence-electron chi connectivity index (χ1n) is 13.9. The molecule has 0 aliphatic carbocycles. The summed E-state index contributed by atoms with van der Waals surface area (Å²) in [6.07, 6.45) is 11.6. The Bertz CT molecular complexity index is 776. The molecule has 2 atom stereocenters. The minimum absolute atomic E-state index is 0.0386. The lowest BCUT2D eigenvalue weighted by atomic mass is 9.93. The molecule has 8 heteroatoms. The van der Waals surface area contributed by atoms with Crippen LogP contribution in [0.3, 0.4) is 0 Å². The lowest BCUT2D eigenvalue weighted by molar-refractivity contribution is -0.118. The maximum Gasteiger partial charge on any atom is 0.242 e. The van der Waals surface area contributed by atoms with E-state index in [9.17, 15) is 9.59 Å². The van der Waals surface area contributed by atoms with E-state index >= 15 is 0 Å². The molecule has 0 N–H and O–H groups in total. The number of halogens is 3. The van der Waals surface area contributed by atoms with E-state index in [0.717, 1.165) is 63.5 Å². The summed E-state index contributed by atoms with van der Waals surface area (Å²) in [6, 6.07) is 4.67. The van der Waals surface area contributed by atoms with Crippen molar-refractivity contribution in [3.63, 3.8) is 0 Å². The van der Waals surface area contributed by atoms with Crippen molar-refractivity contribution >= 4 is 51.6 Å². The molecule has 0 saturated carbocycles. The maximum atomic E-state index is 13.1. The molecule has 5 nitrogen and oxygen atoms in total. The highest BCUT2D eigenvalue weighted by atomic mass is 35.5. The first-order valence-corrected chi connectivity index (χ1v) is 15.3. The first-order chi connectivity index (χ1) is 17.8. The van der Waals surface area contributed by atoms with Crippen LogP contribution >= 0.6 is 34.8 Å². The summed E-state index contributed by atoms with van der Waals surface area (Å²) in [6.45, 7) is 9.82. The fraction of sp³-hybridized carbons (Fsp3) is 0.724. The summed E-state index contributed by atoms with van der Waals surface area (Å²) >= 11 is 15.6. The van der Waals surface area contributed by atoms with E-state index < -0.39 is 11.5 Å². The van der Waals surface area contributed by atoms with Crippen molar-refractivity contribution in [3.8, 4) is 0 Å². The summed E-state index contributed by atoms with van der Waals surface area (Å²) < 4.78 is 12.0. The molecule has 1 aliphatic rings. The zero-order valence-electron chi connectivity index (χ0n) is 23.1. The smallest absolute Gasteiger partial charge is 0.242 e. The van der Waals surface area contributed by atoms with Crippen molar-refractivity contribution < 1.29 is 19.1 Å². The number of nitrogens with zero attached hydrogens (tertiary/aromatic N) is 1. The molecular weight excluding hydrogens is 533 g/mol. The molecule has 2 unspecified atom stereocenters. The average Bonchev–Trinajstić information content (AvgIpc) is 3.35. The molecule has 1 amide bonds. The number of carbonyl (C=O) groups excluding carboxylic acids is 2. The fourth-order valence-corrected chi connectivity index (χ4v) is 4.58. The molecule has 1 aliphatic heterocycles. The number of aryl methyl sites for hydroxylation is 3. The normalized spacial score (nSPS) is 16.8. The number of rotatable bonds is 16. The molecule has 2 rings (SSSR count). The number of benzene rings is 1. The van der Waals surface area contributed by atoms with Crippen molar-refractivity contribution in [2.24, 2.45) is 0 Å². The zero-order valence-corrected chi connectivity index (χ0v) is 25.4. The third-order valence-electron chi connectivity index (χ3n) is 6.29. The van der Waals surface area contributed by atoms with Crippen LogP contribution in [0.4, 0.5) is 5.69 Å². The fourth-order valence-electron chi connectivity index (χ4n) is 4.44. The highest BCUT2D eigenvalue weighted by Crippen LogP contribution is 2.33. The summed E-state index contributed by atoms with van der Waals surface area (Å²) in [7, 11) is 0. The van der Waals surface area contributed by atoms with Gasteiger partial charge in [-0.05, 0) is 73.2 Å². The standard InChI is InChI=1S/C27H44ClNO3.C2H2Cl2O/c1-5-9-13-21-16-22(14-10-6-2)27(23(17-21)15-11-7-3)29(25(30)18-28)19-26-31-20-24(32-26)12-8-4;3-1-2(4)5/h16-17,24,26H,5-15,18-20H2,1-4H3;1H2. The Morgan fingerprint density at radius 1 is 0.892 bits per heavy atom. The molecule has 0 spiro atoms. The monoisotopic (exact) mass is 577 g/mol. The predicted molar refractivity (Wildman–Crippen MR) is 156 cm³/mol. The Kier molecular flexibility index (Phi) is 18.6. The van der Waals surface area contributed by atoms with Crippen molar-refractivity contribution in [1.29, 1.82) is 0 Å². The van der Waals surface area contributed by atoms with Gasteiger partial charge in [0.25, 0.3) is 0 Å². The Labute approximate surface area is 239 Å². The molecule has 1 fully saturated rings. The van der Waals surface area contributed by atoms with Crippen molar-refractivity contribution in [3.05, 3.63) is 28.8 Å². The summed E-state index contributed by atoms with van der Waals surface area (Å²) in [5.74, 6) is -0.209. The van der Waals surface area contributed by atoms with Gasteiger partial charge in [0.1, 0.15) is 5.88 Å². The minimum Gasteiger partial charge on any atom is -0.348 e. The van der Waals surface area contributed by atoms with Gasteiger partial charge in [0.2, 0.25) is 11.1 Å². The summed E-state index contributed by atoms with van der Waals surface area (Å²) in [5.41, 5.74) is 4.99. The molecule has 212 valence electrons. The molecular formula is C29H46Cl3NO4. The molecule has 0 aromatic heterocycles. The Balaban J connectivity index is 0.00000124. The van der Waals surface area contributed by atoms with Gasteiger partial charge in [0, 0.05) is 0 Å². The van der Waals surface area contributed by atoms with Crippen LogP contribution < -0.4 is 4.90 Å². The minimum atomic E-state index is -0.508. The number of ether oxygens (including phenoxy) is 2. The largest absolute Gasteiger partial charge is 0.348 e. The van der Waals surface area contributed by atoms with Crippen LogP contribution in [0, 0.1) is 0 Å². The molecule has 0 bridgehead atoms. The maximum absolute atomic E-state index is 13.1. The Morgan fingerprint density at radius 2 is 1.43 bits per heavy atom. The van der Waals surface area contributed by atoms with Gasteiger partial charge in [-0.2, -0.15) is 0 Å². The number of hydrogen-bond donors (Lipinski definition) is 0. The number of carbonyl (C=O) groups is 2. The van der Waals surface area contributed by atoms with Gasteiger partial charge in [-0.15, -0.1) is 23.2 Å². The van der Waals surface area contributed by atoms with Gasteiger partial charge >= 0.3 is 0 Å². The van der Waals surface area contributed by atoms with Crippen LogP contribution in [0.1, 0.15) is 95.8 Å². The van der Waals surface area contributed by atoms with Gasteiger partial charge in [0.15, 0.2) is 6.29 Å². The lowest BCUT2D eigenvalue weighted by Crippen LogP contribution is -2.40. The molecule has 1 aromatic carbocycles. The summed E-state index contributed by atoms with van der Waals surface area (Å²) in [4.78, 5) is 24.4. The quantitative estimate of drug-likeness (QED) is 0.148. The number of unbranched alkanes of at least 4 members (excludes halogenated alkanes) is 3. The highest BCUT2D eigenvalue weighted by molar-refractivity contribution is 6.67. The van der Waals surface area contributed by atoms with Crippen LogP contribution in [0.25, 0.3) is 0 Å². The number of amides is 1. The Morgan fingerprint density at radius 3 is 1.89 bits per heavy atom. The van der Waals surface area contributed by atoms with Crippen molar-refractivity contribution in [2.75, 3.05) is 29.8 Å². The van der Waals surface area contributed by atoms with Crippen LogP contribution in [-0.2, 0) is 38.3 Å². The lowest BCUT2D eigenvalue weighted by Gasteiger charge is -2.30. The van der Waals surface area contributed by atoms with E-state index in [0.29, 0.717) is 13.2 Å². The molecule has 1 saturated heterocycles. The molecule has 1 heterocycles. The van der Waals surface area contributed by atoms with E-state index in [2.05, 4.69) is 39.8 Å². The van der Waals surface area contributed by atoms with Crippen molar-refractivity contribution in [1.82, 2.24) is 0 Å². The van der Waals surface area contributed by atoms with Gasteiger partial charge in [0.05, 0.1) is 30.8 Å². The highest BCUT2D eigenvalue weighted by Gasteiger charge is 2.31. The van der Waals surface area contributed by atoms with Crippen LogP contribution in [0.5, 0.6) is 0 Å². The predicted octanol–water partition coefficient (Wildman–Crippen LogP) is 7.82. The van der Waals surface area contributed by atoms with Gasteiger partial charge < -0.3 is 14.4 Å². The first kappa shape index (κ1) is 34.2. The molecule has 0 radical (unpaired) electrons. The topological polar surface area (TPSA) is 55.8 Å². The van der Waals surface area contributed by atoms with E-state index in [4.69, 9.17) is 44.3 Å². The van der Waals surface area contributed by atoms with E-state index in [1.807, 2.05) is 4.90 Å². The van der Waals surface area contributed by atoms with Crippen LogP contribution in [-0.4, -0.2) is 48.5 Å². The van der Waals surface area contributed by atoms with E-state index in [1.165, 1.54) is 29.5 Å². The average molecular weight is 579 g/mol. The Hall–Kier alpha value is -0.850. The van der Waals surface area contributed by atoms with Crippen LogP contribution in [0.15, 0.2) is 12.1 Å². The zero-order chi connectivity index (χ0) is 27.6. The van der Waals surface area contributed by atoms with E-state index in [-0.39, 0.29) is 23.8 Å². The van der Waals surface area contributed by atoms with Gasteiger partial charge in [-0.25, -0.2) is 0 Å². The molecule has 1 aromatic rings. The second kappa shape index (κ2) is 20.1. The SMILES string of the molecule is CCCCc1cc(CCCC)c(N(CC2OCC(CCC)O2)C(=O)CCl)c(CCCC)c1.O=C(Cl)CCl. The number of anilines is 1. The van der Waals surface area contributed by atoms with Gasteiger partial charge in [-0.3, -0.25) is 9.59 Å². The second-order valence-corrected chi connectivity index (χ2v) is 10.5. The third kappa shape index (κ3) is 12.7. The second-order valence-electron chi connectivity index (χ2n) is 9.51. The van der Waals surface area contributed by atoms with E-state index in [1.54, 1.807) is 0 Å². The summed E-state index contributed by atoms with van der Waals surface area (Å²) in [5, 5.41) is -0.508.